The summed E-state index contributed by atoms with van der Waals surface area (Å²) in [5, 5.41) is 0. The number of aromatic nitrogens is 2. The lowest BCUT2D eigenvalue weighted by molar-refractivity contribution is 0.440. The molecule has 1 fully saturated rings. The summed E-state index contributed by atoms with van der Waals surface area (Å²) in [4.78, 5) is 8.30. The number of rotatable bonds is 1. The third kappa shape index (κ3) is 1.86. The van der Waals surface area contributed by atoms with Crippen molar-refractivity contribution in [3.8, 4) is 0 Å². The first-order chi connectivity index (χ1) is 6.77. The van der Waals surface area contributed by atoms with Gasteiger partial charge in [-0.15, -0.1) is 0 Å². The Labute approximate surface area is 84.8 Å². The van der Waals surface area contributed by atoms with Crippen LogP contribution in [0.5, 0.6) is 0 Å². The fraction of sp³-hybridized carbons (Fsp3) is 0.636. The smallest absolute Gasteiger partial charge is 0.220 e. The minimum absolute atomic E-state index is 0.391. The SMILES string of the molecule is Cc1nc(N)ncc1C1CCCCC1. The van der Waals surface area contributed by atoms with Gasteiger partial charge in [-0.05, 0) is 31.2 Å². The van der Waals surface area contributed by atoms with Gasteiger partial charge >= 0.3 is 0 Å². The maximum absolute atomic E-state index is 5.53. The van der Waals surface area contributed by atoms with Crippen LogP contribution >= 0.6 is 0 Å². The van der Waals surface area contributed by atoms with Gasteiger partial charge in [0.05, 0.1) is 0 Å². The molecule has 0 spiro atoms. The maximum Gasteiger partial charge on any atom is 0.220 e. The molecule has 1 heterocycles. The van der Waals surface area contributed by atoms with Gasteiger partial charge in [0.2, 0.25) is 5.95 Å². The Morgan fingerprint density at radius 2 is 2.00 bits per heavy atom. The van der Waals surface area contributed by atoms with Gasteiger partial charge in [-0.2, -0.15) is 0 Å². The summed E-state index contributed by atoms with van der Waals surface area (Å²) in [6.07, 6.45) is 8.55. The Balaban J connectivity index is 2.22. The molecule has 2 rings (SSSR count). The molecule has 0 aliphatic heterocycles. The molecule has 1 aromatic rings. The van der Waals surface area contributed by atoms with Gasteiger partial charge in [0.1, 0.15) is 0 Å². The largest absolute Gasteiger partial charge is 0.368 e. The maximum atomic E-state index is 5.53. The number of hydrogen-bond acceptors (Lipinski definition) is 3. The van der Waals surface area contributed by atoms with Crippen LogP contribution in [-0.4, -0.2) is 9.97 Å². The summed E-state index contributed by atoms with van der Waals surface area (Å²) in [6, 6.07) is 0. The summed E-state index contributed by atoms with van der Waals surface area (Å²) >= 11 is 0. The second-order valence-corrected chi connectivity index (χ2v) is 4.10. The molecule has 3 heteroatoms. The Hall–Kier alpha value is -1.12. The second-order valence-electron chi connectivity index (χ2n) is 4.10. The van der Waals surface area contributed by atoms with Crippen molar-refractivity contribution < 1.29 is 0 Å². The lowest BCUT2D eigenvalue weighted by Gasteiger charge is -2.22. The van der Waals surface area contributed by atoms with Crippen molar-refractivity contribution in [2.75, 3.05) is 5.73 Å². The van der Waals surface area contributed by atoms with E-state index < -0.39 is 0 Å². The van der Waals surface area contributed by atoms with E-state index in [1.54, 1.807) is 0 Å². The van der Waals surface area contributed by atoms with Crippen LogP contribution in [0, 0.1) is 6.92 Å². The van der Waals surface area contributed by atoms with Gasteiger partial charge in [-0.3, -0.25) is 0 Å². The lowest BCUT2D eigenvalue weighted by Crippen LogP contribution is -2.09. The third-order valence-corrected chi connectivity index (χ3v) is 3.08. The molecular formula is C11H17N3. The van der Waals surface area contributed by atoms with Crippen LogP contribution in [-0.2, 0) is 0 Å². The topological polar surface area (TPSA) is 51.8 Å². The summed E-state index contributed by atoms with van der Waals surface area (Å²) in [5.74, 6) is 1.06. The molecule has 14 heavy (non-hydrogen) atoms. The van der Waals surface area contributed by atoms with E-state index in [-0.39, 0.29) is 0 Å². The van der Waals surface area contributed by atoms with Crippen LogP contribution < -0.4 is 5.73 Å². The minimum atomic E-state index is 0.391. The average Bonchev–Trinajstić information content (AvgIpc) is 2.19. The third-order valence-electron chi connectivity index (χ3n) is 3.08. The zero-order chi connectivity index (χ0) is 9.97. The van der Waals surface area contributed by atoms with E-state index in [2.05, 4.69) is 9.97 Å². The van der Waals surface area contributed by atoms with Gasteiger partial charge in [-0.25, -0.2) is 9.97 Å². The molecule has 0 bridgehead atoms. The molecule has 0 unspecified atom stereocenters. The van der Waals surface area contributed by atoms with Crippen molar-refractivity contribution in [2.24, 2.45) is 0 Å². The number of nitrogen functional groups attached to an aromatic ring is 1. The standard InChI is InChI=1S/C11H17N3/c1-8-10(7-13-11(12)14-8)9-5-3-2-4-6-9/h7,9H,2-6H2,1H3,(H2,12,13,14). The summed E-state index contributed by atoms with van der Waals surface area (Å²) < 4.78 is 0. The van der Waals surface area contributed by atoms with Gasteiger partial charge in [-0.1, -0.05) is 19.3 Å². The first-order valence-corrected chi connectivity index (χ1v) is 5.36. The molecule has 76 valence electrons. The van der Waals surface area contributed by atoms with Crippen molar-refractivity contribution >= 4 is 5.95 Å². The van der Waals surface area contributed by atoms with Gasteiger partial charge < -0.3 is 5.73 Å². The van der Waals surface area contributed by atoms with Crippen LogP contribution in [0.1, 0.15) is 49.3 Å². The van der Waals surface area contributed by atoms with Crippen LogP contribution in [0.15, 0.2) is 6.20 Å². The highest BCUT2D eigenvalue weighted by molar-refractivity contribution is 5.27. The molecule has 1 saturated carbocycles. The number of anilines is 1. The molecule has 0 radical (unpaired) electrons. The van der Waals surface area contributed by atoms with E-state index in [4.69, 9.17) is 5.73 Å². The van der Waals surface area contributed by atoms with Crippen LogP contribution in [0.3, 0.4) is 0 Å². The number of nitrogens with zero attached hydrogens (tertiary/aromatic N) is 2. The lowest BCUT2D eigenvalue weighted by atomic mass is 9.84. The fourth-order valence-corrected chi connectivity index (χ4v) is 2.31. The molecule has 1 aromatic heterocycles. The van der Waals surface area contributed by atoms with Gasteiger partial charge in [0, 0.05) is 11.9 Å². The molecule has 3 nitrogen and oxygen atoms in total. The molecule has 0 saturated heterocycles. The number of aryl methyl sites for hydroxylation is 1. The average molecular weight is 191 g/mol. The van der Waals surface area contributed by atoms with Crippen molar-refractivity contribution in [3.05, 3.63) is 17.5 Å². The van der Waals surface area contributed by atoms with Gasteiger partial charge in [0.25, 0.3) is 0 Å². The van der Waals surface area contributed by atoms with E-state index in [0.717, 1.165) is 5.69 Å². The van der Waals surface area contributed by atoms with E-state index in [1.165, 1.54) is 37.7 Å². The normalized spacial score (nSPS) is 18.4. The van der Waals surface area contributed by atoms with Crippen molar-refractivity contribution in [1.82, 2.24) is 9.97 Å². The summed E-state index contributed by atoms with van der Waals surface area (Å²) in [5.41, 5.74) is 7.90. The van der Waals surface area contributed by atoms with Crippen molar-refractivity contribution in [3.63, 3.8) is 0 Å². The molecular weight excluding hydrogens is 174 g/mol. The first-order valence-electron chi connectivity index (χ1n) is 5.36. The molecule has 0 atom stereocenters. The highest BCUT2D eigenvalue weighted by Crippen LogP contribution is 2.33. The number of hydrogen-bond donors (Lipinski definition) is 1. The quantitative estimate of drug-likeness (QED) is 0.741. The summed E-state index contributed by atoms with van der Waals surface area (Å²) in [6.45, 7) is 2.03. The Kier molecular flexibility index (Phi) is 2.66. The molecule has 1 aliphatic rings. The monoisotopic (exact) mass is 191 g/mol. The predicted molar refractivity (Wildman–Crippen MR) is 57.0 cm³/mol. The van der Waals surface area contributed by atoms with E-state index >= 15 is 0 Å². The predicted octanol–water partition coefficient (Wildman–Crippen LogP) is 2.41. The fourth-order valence-electron chi connectivity index (χ4n) is 2.31. The van der Waals surface area contributed by atoms with Crippen LogP contribution in [0.4, 0.5) is 5.95 Å². The zero-order valence-corrected chi connectivity index (χ0v) is 8.66. The van der Waals surface area contributed by atoms with Crippen molar-refractivity contribution in [2.45, 2.75) is 44.9 Å². The molecule has 2 N–H and O–H groups in total. The van der Waals surface area contributed by atoms with E-state index in [9.17, 15) is 0 Å². The Bertz CT molecular complexity index is 316. The second kappa shape index (κ2) is 3.95. The van der Waals surface area contributed by atoms with Crippen molar-refractivity contribution in [1.29, 1.82) is 0 Å². The Morgan fingerprint density at radius 1 is 1.29 bits per heavy atom. The van der Waals surface area contributed by atoms with Crippen LogP contribution in [0.25, 0.3) is 0 Å². The molecule has 1 aliphatic carbocycles. The van der Waals surface area contributed by atoms with E-state index in [1.807, 2.05) is 13.1 Å². The number of nitrogens with two attached hydrogens (primary N) is 1. The van der Waals surface area contributed by atoms with E-state index in [0.29, 0.717) is 11.9 Å². The van der Waals surface area contributed by atoms with Gasteiger partial charge in [0.15, 0.2) is 0 Å². The first kappa shape index (κ1) is 9.44. The minimum Gasteiger partial charge on any atom is -0.368 e. The Morgan fingerprint density at radius 3 is 2.64 bits per heavy atom. The zero-order valence-electron chi connectivity index (χ0n) is 8.66. The molecule has 0 amide bonds. The summed E-state index contributed by atoms with van der Waals surface area (Å²) in [7, 11) is 0. The highest BCUT2D eigenvalue weighted by Gasteiger charge is 2.18. The highest BCUT2D eigenvalue weighted by atomic mass is 15.0. The molecule has 0 aromatic carbocycles. The van der Waals surface area contributed by atoms with Crippen LogP contribution in [0.2, 0.25) is 0 Å².